The minimum absolute atomic E-state index is 0.258. The Morgan fingerprint density at radius 3 is 2.17 bits per heavy atom. The highest BCUT2D eigenvalue weighted by Crippen LogP contribution is 2.22. The molecule has 0 saturated heterocycles. The van der Waals surface area contributed by atoms with Gasteiger partial charge in [-0.15, -0.1) is 0 Å². The first kappa shape index (κ1) is 20.6. The molecule has 0 aromatic heterocycles. The third-order valence-corrected chi connectivity index (χ3v) is 4.14. The van der Waals surface area contributed by atoms with Gasteiger partial charge in [0, 0.05) is 11.3 Å². The van der Waals surface area contributed by atoms with Crippen molar-refractivity contribution in [2.45, 2.75) is 13.0 Å². The molecule has 0 saturated carbocycles. The summed E-state index contributed by atoms with van der Waals surface area (Å²) in [6, 6.07) is 21.7. The molecule has 0 aliphatic heterocycles. The fourth-order valence-electron chi connectivity index (χ4n) is 2.56. The van der Waals surface area contributed by atoms with Crippen molar-refractivity contribution in [3.8, 4) is 11.5 Å². The molecule has 3 rings (SSSR count). The second kappa shape index (κ2) is 9.38. The minimum Gasteiger partial charge on any atom is -0.457 e. The Morgan fingerprint density at radius 2 is 1.50 bits per heavy atom. The summed E-state index contributed by atoms with van der Waals surface area (Å²) in [5.41, 5.74) is 6.22. The van der Waals surface area contributed by atoms with Gasteiger partial charge in [0.1, 0.15) is 11.5 Å². The zero-order chi connectivity index (χ0) is 21.5. The van der Waals surface area contributed by atoms with Crippen LogP contribution in [0.4, 0.5) is 5.69 Å². The Morgan fingerprint density at radius 1 is 0.833 bits per heavy atom. The van der Waals surface area contributed by atoms with Gasteiger partial charge in [-0.1, -0.05) is 24.3 Å². The third-order valence-electron chi connectivity index (χ3n) is 4.14. The van der Waals surface area contributed by atoms with Gasteiger partial charge in [0.15, 0.2) is 6.10 Å². The number of carbonyl (C=O) groups excluding carboxylic acids is 3. The number of benzene rings is 3. The van der Waals surface area contributed by atoms with Gasteiger partial charge < -0.3 is 20.5 Å². The lowest BCUT2D eigenvalue weighted by Gasteiger charge is -2.14. The van der Waals surface area contributed by atoms with E-state index in [1.807, 2.05) is 18.2 Å². The highest BCUT2D eigenvalue weighted by atomic mass is 16.5. The van der Waals surface area contributed by atoms with E-state index in [4.69, 9.17) is 15.2 Å². The SMILES string of the molecule is C[C@H](OC(=O)c1cccc(Oc2ccccc2)c1)C(=O)Nc1ccc(C(N)=O)cc1. The van der Waals surface area contributed by atoms with Crippen LogP contribution in [0.2, 0.25) is 0 Å². The number of nitrogens with one attached hydrogen (secondary N) is 1. The standard InChI is InChI=1S/C23H20N2O5/c1-15(22(27)25-18-12-10-16(11-13-18)21(24)26)29-23(28)17-6-5-9-20(14-17)30-19-7-3-2-4-8-19/h2-15H,1H3,(H2,24,26)(H,25,27)/t15-/m0/s1. The highest BCUT2D eigenvalue weighted by molar-refractivity contribution is 5.98. The zero-order valence-corrected chi connectivity index (χ0v) is 16.2. The fraction of sp³-hybridized carbons (Fsp3) is 0.0870. The maximum Gasteiger partial charge on any atom is 0.339 e. The average Bonchev–Trinajstić information content (AvgIpc) is 2.75. The van der Waals surface area contributed by atoms with E-state index in [-0.39, 0.29) is 5.56 Å². The minimum atomic E-state index is -1.04. The van der Waals surface area contributed by atoms with Gasteiger partial charge in [-0.05, 0) is 61.5 Å². The van der Waals surface area contributed by atoms with Crippen LogP contribution in [0.15, 0.2) is 78.9 Å². The molecular formula is C23H20N2O5. The number of hydrogen-bond donors (Lipinski definition) is 2. The Bertz CT molecular complexity index is 1050. The van der Waals surface area contributed by atoms with Gasteiger partial charge in [-0.25, -0.2) is 4.79 Å². The van der Waals surface area contributed by atoms with Gasteiger partial charge in [0.05, 0.1) is 5.56 Å². The number of carbonyl (C=O) groups is 3. The molecule has 7 heteroatoms. The Labute approximate surface area is 173 Å². The number of hydrogen-bond acceptors (Lipinski definition) is 5. The lowest BCUT2D eigenvalue weighted by atomic mass is 10.2. The number of ether oxygens (including phenoxy) is 2. The van der Waals surface area contributed by atoms with Crippen LogP contribution in [-0.4, -0.2) is 23.9 Å². The highest BCUT2D eigenvalue weighted by Gasteiger charge is 2.19. The molecule has 30 heavy (non-hydrogen) atoms. The molecule has 3 aromatic rings. The predicted molar refractivity (Wildman–Crippen MR) is 111 cm³/mol. The van der Waals surface area contributed by atoms with Crippen LogP contribution in [0.5, 0.6) is 11.5 Å². The zero-order valence-electron chi connectivity index (χ0n) is 16.2. The van der Waals surface area contributed by atoms with Crippen molar-refractivity contribution in [3.63, 3.8) is 0 Å². The molecule has 0 bridgehead atoms. The molecule has 3 N–H and O–H groups in total. The molecule has 0 radical (unpaired) electrons. The van der Waals surface area contributed by atoms with Gasteiger partial charge >= 0.3 is 5.97 Å². The summed E-state index contributed by atoms with van der Waals surface area (Å²) in [7, 11) is 0. The molecule has 0 spiro atoms. The van der Waals surface area contributed by atoms with Crippen molar-refractivity contribution in [2.75, 3.05) is 5.32 Å². The largest absolute Gasteiger partial charge is 0.457 e. The van der Waals surface area contributed by atoms with Gasteiger partial charge in [0.2, 0.25) is 5.91 Å². The molecule has 0 fully saturated rings. The lowest BCUT2D eigenvalue weighted by Crippen LogP contribution is -2.30. The Balaban J connectivity index is 1.60. The van der Waals surface area contributed by atoms with Crippen LogP contribution < -0.4 is 15.8 Å². The molecular weight excluding hydrogens is 384 g/mol. The van der Waals surface area contributed by atoms with E-state index < -0.39 is 23.9 Å². The molecule has 1 atom stereocenters. The van der Waals surface area contributed by atoms with Crippen molar-refractivity contribution in [3.05, 3.63) is 90.0 Å². The smallest absolute Gasteiger partial charge is 0.339 e. The summed E-state index contributed by atoms with van der Waals surface area (Å²) in [5.74, 6) is -0.610. The van der Waals surface area contributed by atoms with Crippen LogP contribution in [0, 0.1) is 0 Å². The summed E-state index contributed by atoms with van der Waals surface area (Å²) in [6.07, 6.45) is -1.04. The molecule has 7 nitrogen and oxygen atoms in total. The molecule has 0 unspecified atom stereocenters. The van der Waals surface area contributed by atoms with E-state index in [9.17, 15) is 14.4 Å². The summed E-state index contributed by atoms with van der Waals surface area (Å²) >= 11 is 0. The van der Waals surface area contributed by atoms with Crippen LogP contribution in [-0.2, 0) is 9.53 Å². The molecule has 152 valence electrons. The molecule has 2 amide bonds. The second-order valence-electron chi connectivity index (χ2n) is 6.42. The average molecular weight is 404 g/mol. The summed E-state index contributed by atoms with van der Waals surface area (Å²) < 4.78 is 11.0. The number of para-hydroxylation sites is 1. The molecule has 3 aromatic carbocycles. The fourth-order valence-corrected chi connectivity index (χ4v) is 2.56. The van der Waals surface area contributed by atoms with E-state index in [1.54, 1.807) is 36.4 Å². The van der Waals surface area contributed by atoms with Crippen LogP contribution >= 0.6 is 0 Å². The van der Waals surface area contributed by atoms with E-state index in [0.29, 0.717) is 22.7 Å². The number of rotatable bonds is 7. The Hall–Kier alpha value is -4.13. The number of primary amides is 1. The van der Waals surface area contributed by atoms with Crippen molar-refractivity contribution in [2.24, 2.45) is 5.73 Å². The molecule has 0 heterocycles. The van der Waals surface area contributed by atoms with Gasteiger partial charge in [0.25, 0.3) is 5.91 Å². The predicted octanol–water partition coefficient (Wildman–Crippen LogP) is 3.76. The second-order valence-corrected chi connectivity index (χ2v) is 6.42. The Kier molecular flexibility index (Phi) is 6.44. The van der Waals surface area contributed by atoms with E-state index in [2.05, 4.69) is 5.32 Å². The normalized spacial score (nSPS) is 11.2. The maximum atomic E-state index is 12.4. The number of nitrogens with two attached hydrogens (primary N) is 1. The summed E-state index contributed by atoms with van der Waals surface area (Å²) in [5, 5.41) is 2.62. The quantitative estimate of drug-likeness (QED) is 0.583. The first-order valence-corrected chi connectivity index (χ1v) is 9.17. The van der Waals surface area contributed by atoms with E-state index >= 15 is 0 Å². The topological polar surface area (TPSA) is 108 Å². The van der Waals surface area contributed by atoms with E-state index in [1.165, 1.54) is 31.2 Å². The first-order chi connectivity index (χ1) is 14.4. The van der Waals surface area contributed by atoms with Gasteiger partial charge in [-0.2, -0.15) is 0 Å². The monoisotopic (exact) mass is 404 g/mol. The van der Waals surface area contributed by atoms with Crippen molar-refractivity contribution < 1.29 is 23.9 Å². The van der Waals surface area contributed by atoms with Crippen LogP contribution in [0.1, 0.15) is 27.6 Å². The van der Waals surface area contributed by atoms with Crippen LogP contribution in [0.25, 0.3) is 0 Å². The molecule has 0 aliphatic rings. The first-order valence-electron chi connectivity index (χ1n) is 9.17. The van der Waals surface area contributed by atoms with Crippen molar-refractivity contribution in [1.29, 1.82) is 0 Å². The number of esters is 1. The number of anilines is 1. The van der Waals surface area contributed by atoms with Crippen molar-refractivity contribution >= 4 is 23.5 Å². The summed E-state index contributed by atoms with van der Waals surface area (Å²) in [4.78, 5) is 35.8. The maximum absolute atomic E-state index is 12.4. The third kappa shape index (κ3) is 5.45. The summed E-state index contributed by atoms with van der Waals surface area (Å²) in [6.45, 7) is 1.47. The number of amides is 2. The lowest BCUT2D eigenvalue weighted by molar-refractivity contribution is -0.123. The van der Waals surface area contributed by atoms with E-state index in [0.717, 1.165) is 0 Å². The molecule has 0 aliphatic carbocycles. The van der Waals surface area contributed by atoms with Gasteiger partial charge in [-0.3, -0.25) is 9.59 Å². The van der Waals surface area contributed by atoms with Crippen molar-refractivity contribution in [1.82, 2.24) is 0 Å². The van der Waals surface area contributed by atoms with Crippen LogP contribution in [0.3, 0.4) is 0 Å².